The Morgan fingerprint density at radius 2 is 0.846 bits per heavy atom. The number of hydrogen-bond acceptors (Lipinski definition) is 2. The molecule has 4 rings (SSSR count). The third-order valence-corrected chi connectivity index (χ3v) is 6.84. The highest BCUT2D eigenvalue weighted by atomic mass is 15.2. The van der Waals surface area contributed by atoms with E-state index >= 15 is 0 Å². The minimum atomic E-state index is 1.29. The minimum absolute atomic E-state index is 1.29. The lowest BCUT2D eigenvalue weighted by Crippen LogP contribution is -2.86. The van der Waals surface area contributed by atoms with Crippen LogP contribution in [-0.4, -0.2) is 62.2 Å². The average molecular weight is 361 g/mol. The molecule has 4 nitrogen and oxygen atoms in total. The zero-order valence-electron chi connectivity index (χ0n) is 16.8. The Morgan fingerprint density at radius 1 is 0.500 bits per heavy atom. The van der Waals surface area contributed by atoms with Crippen LogP contribution in [0.4, 0.5) is 0 Å². The van der Waals surface area contributed by atoms with Gasteiger partial charge in [-0.05, 0) is 49.7 Å². The summed E-state index contributed by atoms with van der Waals surface area (Å²) in [6, 6.07) is 0. The summed E-state index contributed by atoms with van der Waals surface area (Å²) in [5.74, 6) is 0. The minimum Gasteiger partial charge on any atom is -0.370 e. The van der Waals surface area contributed by atoms with E-state index < -0.39 is 0 Å². The molecule has 4 aliphatic heterocycles. The van der Waals surface area contributed by atoms with Gasteiger partial charge in [0.1, 0.15) is 0 Å². The predicted molar refractivity (Wildman–Crippen MR) is 107 cm³/mol. The molecular formula is C22H40N4+2. The number of rotatable bonds is 3. The fourth-order valence-corrected chi connectivity index (χ4v) is 5.43. The number of hydrogen-bond donors (Lipinski definition) is 2. The van der Waals surface area contributed by atoms with E-state index in [4.69, 9.17) is 0 Å². The van der Waals surface area contributed by atoms with Gasteiger partial charge in [0, 0.05) is 51.9 Å². The van der Waals surface area contributed by atoms with Gasteiger partial charge in [-0.3, -0.25) is 0 Å². The van der Waals surface area contributed by atoms with E-state index in [-0.39, 0.29) is 0 Å². The summed E-state index contributed by atoms with van der Waals surface area (Å²) in [4.78, 5) is 5.64. The highest BCUT2D eigenvalue weighted by Gasteiger charge is 2.29. The van der Waals surface area contributed by atoms with Gasteiger partial charge in [0.15, 0.2) is 0 Å². The zero-order chi connectivity index (χ0) is 17.6. The second-order valence-corrected chi connectivity index (χ2v) is 8.73. The molecule has 0 atom stereocenters. The van der Waals surface area contributed by atoms with Crippen LogP contribution in [0.5, 0.6) is 0 Å². The molecule has 4 heterocycles. The van der Waals surface area contributed by atoms with Gasteiger partial charge in [-0.25, -0.2) is 0 Å². The summed E-state index contributed by atoms with van der Waals surface area (Å²) in [7, 11) is 0. The van der Waals surface area contributed by atoms with Crippen LogP contribution >= 0.6 is 0 Å². The SMILES string of the molecule is C1CCN(C(=C2CC[NH2+]CC2)C(=C2CC[NH2+]CC2)N2CCCCC2)CC1. The van der Waals surface area contributed by atoms with E-state index in [0.717, 1.165) is 0 Å². The van der Waals surface area contributed by atoms with E-state index in [1.807, 2.05) is 0 Å². The van der Waals surface area contributed by atoms with E-state index in [9.17, 15) is 0 Å². The average Bonchev–Trinajstić information content (AvgIpc) is 2.74. The van der Waals surface area contributed by atoms with E-state index in [2.05, 4.69) is 20.4 Å². The highest BCUT2D eigenvalue weighted by Crippen LogP contribution is 2.34. The number of likely N-dealkylation sites (tertiary alicyclic amines) is 2. The van der Waals surface area contributed by atoms with Gasteiger partial charge in [0.2, 0.25) is 0 Å². The number of quaternary nitrogens is 2. The Kier molecular flexibility index (Phi) is 6.55. The van der Waals surface area contributed by atoms with Crippen molar-refractivity contribution in [1.29, 1.82) is 0 Å². The maximum atomic E-state index is 2.82. The Hall–Kier alpha value is -1.00. The van der Waals surface area contributed by atoms with Gasteiger partial charge in [-0.2, -0.15) is 0 Å². The van der Waals surface area contributed by atoms with Crippen LogP contribution in [0.15, 0.2) is 22.5 Å². The van der Waals surface area contributed by atoms with Gasteiger partial charge < -0.3 is 20.4 Å². The first-order valence-electron chi connectivity index (χ1n) is 11.5. The van der Waals surface area contributed by atoms with Crippen molar-refractivity contribution in [2.45, 2.75) is 64.2 Å². The second-order valence-electron chi connectivity index (χ2n) is 8.73. The molecule has 0 amide bonds. The molecule has 4 saturated heterocycles. The highest BCUT2D eigenvalue weighted by molar-refractivity contribution is 5.39. The first-order valence-corrected chi connectivity index (χ1v) is 11.5. The first-order chi connectivity index (χ1) is 12.9. The zero-order valence-corrected chi connectivity index (χ0v) is 16.8. The van der Waals surface area contributed by atoms with Crippen molar-refractivity contribution < 1.29 is 10.6 Å². The van der Waals surface area contributed by atoms with Gasteiger partial charge >= 0.3 is 0 Å². The van der Waals surface area contributed by atoms with Crippen LogP contribution in [0.2, 0.25) is 0 Å². The Morgan fingerprint density at radius 3 is 1.19 bits per heavy atom. The predicted octanol–water partition coefficient (Wildman–Crippen LogP) is 1.18. The van der Waals surface area contributed by atoms with Crippen LogP contribution < -0.4 is 10.6 Å². The van der Waals surface area contributed by atoms with E-state index in [1.165, 1.54) is 117 Å². The Bertz CT molecular complexity index is 460. The molecule has 4 N–H and O–H groups in total. The van der Waals surface area contributed by atoms with Gasteiger partial charge in [-0.15, -0.1) is 0 Å². The molecular weight excluding hydrogens is 320 g/mol. The molecule has 146 valence electrons. The van der Waals surface area contributed by atoms with Crippen molar-refractivity contribution in [2.24, 2.45) is 0 Å². The summed E-state index contributed by atoms with van der Waals surface area (Å²) in [6.45, 7) is 10.3. The smallest absolute Gasteiger partial charge is 0.0794 e. The van der Waals surface area contributed by atoms with Crippen LogP contribution in [0.3, 0.4) is 0 Å². The van der Waals surface area contributed by atoms with Gasteiger partial charge in [-0.1, -0.05) is 0 Å². The maximum absolute atomic E-state index is 2.82. The lowest BCUT2D eigenvalue weighted by molar-refractivity contribution is -0.659. The molecule has 0 radical (unpaired) electrons. The standard InChI is InChI=1S/C22H38N4/c1-3-15-25(16-4-1)21(19-7-11-23-12-8-19)22(20-9-13-24-14-10-20)26-17-5-2-6-18-26/h23-24H,1-18H2/p+2. The van der Waals surface area contributed by atoms with Crippen LogP contribution in [0, 0.1) is 0 Å². The van der Waals surface area contributed by atoms with Gasteiger partial charge in [0.25, 0.3) is 0 Å². The summed E-state index contributed by atoms with van der Waals surface area (Å²) in [6.07, 6.45) is 13.6. The Balaban J connectivity index is 1.74. The van der Waals surface area contributed by atoms with Crippen molar-refractivity contribution in [1.82, 2.24) is 9.80 Å². The molecule has 4 aliphatic rings. The van der Waals surface area contributed by atoms with Crippen molar-refractivity contribution in [2.75, 3.05) is 52.4 Å². The summed E-state index contributed by atoms with van der Waals surface area (Å²) >= 11 is 0. The third kappa shape index (κ3) is 4.28. The van der Waals surface area contributed by atoms with Crippen LogP contribution in [-0.2, 0) is 0 Å². The van der Waals surface area contributed by atoms with Crippen molar-refractivity contribution in [3.05, 3.63) is 22.5 Å². The van der Waals surface area contributed by atoms with Crippen LogP contribution in [0.1, 0.15) is 64.2 Å². The summed E-state index contributed by atoms with van der Waals surface area (Å²) < 4.78 is 0. The number of nitrogens with two attached hydrogens (primary N) is 2. The molecule has 0 spiro atoms. The summed E-state index contributed by atoms with van der Waals surface area (Å²) in [5, 5.41) is 5.03. The largest absolute Gasteiger partial charge is 0.370 e. The lowest BCUT2D eigenvalue weighted by Gasteiger charge is -2.42. The topological polar surface area (TPSA) is 39.7 Å². The molecule has 26 heavy (non-hydrogen) atoms. The van der Waals surface area contributed by atoms with Crippen molar-refractivity contribution >= 4 is 0 Å². The number of nitrogens with zero attached hydrogens (tertiary/aromatic N) is 2. The molecule has 4 heteroatoms. The normalized spacial score (nSPS) is 25.4. The molecule has 0 aromatic carbocycles. The van der Waals surface area contributed by atoms with E-state index in [0.29, 0.717) is 0 Å². The molecule has 0 aliphatic carbocycles. The summed E-state index contributed by atoms with van der Waals surface area (Å²) in [5.41, 5.74) is 7.02. The molecule has 0 bridgehead atoms. The van der Waals surface area contributed by atoms with Crippen molar-refractivity contribution in [3.8, 4) is 0 Å². The monoisotopic (exact) mass is 360 g/mol. The molecule has 0 unspecified atom stereocenters. The molecule has 4 fully saturated rings. The van der Waals surface area contributed by atoms with Crippen LogP contribution in [0.25, 0.3) is 0 Å². The number of piperidine rings is 4. The maximum Gasteiger partial charge on any atom is 0.0794 e. The van der Waals surface area contributed by atoms with E-state index in [1.54, 1.807) is 22.5 Å². The lowest BCUT2D eigenvalue weighted by atomic mass is 9.92. The quantitative estimate of drug-likeness (QED) is 0.793. The first kappa shape index (κ1) is 18.4. The Labute approximate surface area is 160 Å². The van der Waals surface area contributed by atoms with Gasteiger partial charge in [0.05, 0.1) is 37.6 Å². The molecule has 0 aromatic heterocycles. The fourth-order valence-electron chi connectivity index (χ4n) is 5.43. The van der Waals surface area contributed by atoms with Crippen molar-refractivity contribution in [3.63, 3.8) is 0 Å². The molecule has 0 aromatic rings. The molecule has 0 saturated carbocycles. The third-order valence-electron chi connectivity index (χ3n) is 6.84. The fraction of sp³-hybridized carbons (Fsp3) is 0.818. The second kappa shape index (κ2) is 9.27.